The Balaban J connectivity index is 0.00000117. The molecule has 1 saturated heterocycles. The third kappa shape index (κ3) is 10.9. The summed E-state index contributed by atoms with van der Waals surface area (Å²) in [6.07, 6.45) is 47.9. The van der Waals surface area contributed by atoms with Gasteiger partial charge in [-0.25, -0.2) is 13.2 Å². The first-order chi connectivity index (χ1) is 27.7. The highest BCUT2D eigenvalue weighted by Gasteiger charge is 2.66. The van der Waals surface area contributed by atoms with E-state index in [1.54, 1.807) is 0 Å². The van der Waals surface area contributed by atoms with Crippen LogP contribution in [0, 0.1) is 97.2 Å². The van der Waals surface area contributed by atoms with E-state index < -0.39 is 15.8 Å². The van der Waals surface area contributed by atoms with Crippen molar-refractivity contribution >= 4 is 15.8 Å². The lowest BCUT2D eigenvalue weighted by atomic mass is 9.35. The van der Waals surface area contributed by atoms with Crippen molar-refractivity contribution in [3.63, 3.8) is 0 Å². The highest BCUT2D eigenvalue weighted by molar-refractivity contribution is 7.91. The lowest BCUT2D eigenvalue weighted by Crippen LogP contribution is -2.64. The predicted octanol–water partition coefficient (Wildman–Crippen LogP) is 10.4. The maximum atomic E-state index is 11.9. The van der Waals surface area contributed by atoms with E-state index in [1.807, 2.05) is 26.0 Å². The van der Waals surface area contributed by atoms with E-state index in [2.05, 4.69) is 115 Å². The Morgan fingerprint density at radius 2 is 1.29 bits per heavy atom. The van der Waals surface area contributed by atoms with Gasteiger partial charge in [0.05, 0.1) is 17.1 Å². The van der Waals surface area contributed by atoms with Gasteiger partial charge in [-0.2, -0.15) is 0 Å². The topological polar surface area (TPSA) is 86.7 Å². The Labute approximate surface area is 357 Å². The zero-order valence-corrected chi connectivity index (χ0v) is 38.5. The van der Waals surface area contributed by atoms with Crippen molar-refractivity contribution < 1.29 is 18.3 Å². The summed E-state index contributed by atoms with van der Waals surface area (Å²) in [5, 5.41) is 13.6. The zero-order valence-electron chi connectivity index (χ0n) is 37.6. The van der Waals surface area contributed by atoms with Gasteiger partial charge in [0.15, 0.2) is 9.84 Å². The third-order valence-electron chi connectivity index (χ3n) is 15.4. The first-order valence-corrected chi connectivity index (χ1v) is 23.9. The number of nitrogens with zero attached hydrogens (tertiary/aromatic N) is 1. The summed E-state index contributed by atoms with van der Waals surface area (Å²) in [7, 11) is -2.82. The Morgan fingerprint density at radius 1 is 0.741 bits per heavy atom. The molecule has 6 nitrogen and oxygen atoms in total. The second kappa shape index (κ2) is 23.6. The van der Waals surface area contributed by atoms with Crippen LogP contribution in [-0.4, -0.2) is 67.6 Å². The molecule has 1 aliphatic heterocycles. The van der Waals surface area contributed by atoms with Crippen LogP contribution in [0.15, 0.2) is 24.3 Å². The minimum atomic E-state index is -2.82. The second-order valence-electron chi connectivity index (χ2n) is 18.2. The van der Waals surface area contributed by atoms with Gasteiger partial charge < -0.3 is 15.3 Å². The van der Waals surface area contributed by atoms with Gasteiger partial charge in [-0.1, -0.05) is 80.4 Å². The number of fused-ring (bicyclic) bond motifs is 7. The summed E-state index contributed by atoms with van der Waals surface area (Å²) in [6.45, 7) is 22.1. The summed E-state index contributed by atoms with van der Waals surface area (Å²) in [5.41, 5.74) is 2.98. The van der Waals surface area contributed by atoms with E-state index in [4.69, 9.17) is 0 Å². The zero-order chi connectivity index (χ0) is 44.5. The normalized spacial score (nSPS) is 34.6. The second-order valence-corrected chi connectivity index (χ2v) is 20.5. The molecule has 1 aromatic carbocycles. The summed E-state index contributed by atoms with van der Waals surface area (Å²) < 4.78 is 23.8. The molecule has 2 N–H and O–H groups in total. The Bertz CT molecular complexity index is 1550. The Kier molecular flexibility index (Phi) is 21.4. The molecule has 7 rings (SSSR count). The number of carboxylic acids is 1. The number of hydrogen-bond acceptors (Lipinski definition) is 5. The molecule has 9 atom stereocenters. The lowest BCUT2D eigenvalue weighted by molar-refractivity contribution is -0.195. The molecule has 0 aromatic heterocycles. The number of sulfone groups is 1. The predicted molar refractivity (Wildman–Crippen MR) is 247 cm³/mol. The number of rotatable bonds is 6. The van der Waals surface area contributed by atoms with Crippen LogP contribution in [0.3, 0.4) is 0 Å². The first kappa shape index (κ1) is 52.8. The van der Waals surface area contributed by atoms with Crippen molar-refractivity contribution in [1.29, 1.82) is 0 Å². The molecule has 7 heteroatoms. The lowest BCUT2D eigenvalue weighted by Gasteiger charge is -2.69. The third-order valence-corrected chi connectivity index (χ3v) is 17.1. The molecular weight excluding hydrogens is 737 g/mol. The van der Waals surface area contributed by atoms with Crippen molar-refractivity contribution in [2.75, 3.05) is 37.7 Å². The van der Waals surface area contributed by atoms with Gasteiger partial charge in [-0.15, -0.1) is 51.4 Å². The summed E-state index contributed by atoms with van der Waals surface area (Å²) >= 11 is 0. The van der Waals surface area contributed by atoms with E-state index in [0.29, 0.717) is 58.4 Å². The van der Waals surface area contributed by atoms with Gasteiger partial charge in [0.25, 0.3) is 0 Å². The maximum absolute atomic E-state index is 11.9. The number of carbonyl (C=O) groups is 1. The van der Waals surface area contributed by atoms with Crippen LogP contribution < -0.4 is 5.32 Å². The molecule has 1 heterocycles. The molecule has 5 aliphatic carbocycles. The molecule has 4 unspecified atom stereocenters. The molecule has 0 amide bonds. The molecule has 1 aromatic rings. The number of carboxylic acid groups (broad SMARTS) is 1. The molecule has 0 radical (unpaired) electrons. The van der Waals surface area contributed by atoms with Gasteiger partial charge in [0.2, 0.25) is 0 Å². The fraction of sp³-hybridized carbons (Fsp3) is 0.706. The number of terminal acetylenes is 4. The standard InChI is InChI=1S/C38H58N2O4S.C3H8.C2H6.4C2H2/c1-35(2)29(26-7-9-27(10-8-26)34(41)42)13-17-37(4)32(35)15-18-36(3)30-14-19-38(16-5-6-31(38)28(30)11-12-33(36)37)39-20-21-40-22-24-45(43,44)25-23-40;1-3-2;5*1-2/h7-10,28-33,39H,5-6,11-25H2,1-4H3,(H,41,42);3H2,1-2H3;1-2H3;4*1-2H/t28-,29+,30?,31?,32?,33?,36-,37-,38-;;;;;;/m0....../s1. The van der Waals surface area contributed by atoms with Gasteiger partial charge >= 0.3 is 5.97 Å². The number of hydrogen-bond donors (Lipinski definition) is 2. The van der Waals surface area contributed by atoms with Crippen LogP contribution in [0.5, 0.6) is 0 Å². The van der Waals surface area contributed by atoms with E-state index in [-0.39, 0.29) is 5.41 Å². The molecule has 0 bridgehead atoms. The summed E-state index contributed by atoms with van der Waals surface area (Å²) in [5.74, 6) is 4.23. The Hall–Kier alpha value is -3.20. The van der Waals surface area contributed by atoms with Crippen LogP contribution in [0.2, 0.25) is 0 Å². The van der Waals surface area contributed by atoms with E-state index in [0.717, 1.165) is 36.8 Å². The highest BCUT2D eigenvalue weighted by Crippen LogP contribution is 2.73. The minimum Gasteiger partial charge on any atom is -0.478 e. The van der Waals surface area contributed by atoms with Gasteiger partial charge in [-0.05, 0) is 134 Å². The van der Waals surface area contributed by atoms with Crippen molar-refractivity contribution in [3.05, 3.63) is 35.4 Å². The SMILES string of the molecule is C#C.C#C.C#C.C#C.CC.CC1(C)C2CC[C@@]3(C)C4CC[C@@]5(NCCN6CCS(=O)(=O)CC6)CCCC5[C@H]4CCC3[C@@]2(C)CC[C@@H]1c1ccc(C(=O)O)cc1.CCC. The van der Waals surface area contributed by atoms with E-state index in [9.17, 15) is 18.3 Å². The quantitative estimate of drug-likeness (QED) is 0.278. The number of benzene rings is 1. The monoisotopic (exact) mass is 817 g/mol. The summed E-state index contributed by atoms with van der Waals surface area (Å²) in [6, 6.07) is 7.80. The van der Waals surface area contributed by atoms with Crippen molar-refractivity contribution in [1.82, 2.24) is 10.2 Å². The Morgan fingerprint density at radius 3 is 1.84 bits per heavy atom. The van der Waals surface area contributed by atoms with Crippen molar-refractivity contribution in [2.45, 2.75) is 144 Å². The fourth-order valence-electron chi connectivity index (χ4n) is 13.4. The van der Waals surface area contributed by atoms with Crippen LogP contribution in [0.25, 0.3) is 0 Å². The smallest absolute Gasteiger partial charge is 0.335 e. The molecule has 58 heavy (non-hydrogen) atoms. The molecule has 6 fully saturated rings. The highest BCUT2D eigenvalue weighted by atomic mass is 32.2. The maximum Gasteiger partial charge on any atom is 0.335 e. The largest absolute Gasteiger partial charge is 0.478 e. The summed E-state index contributed by atoms with van der Waals surface area (Å²) in [4.78, 5) is 13.8. The van der Waals surface area contributed by atoms with Crippen LogP contribution in [-0.2, 0) is 9.84 Å². The number of nitrogens with one attached hydrogen (secondary N) is 1. The van der Waals surface area contributed by atoms with Crippen molar-refractivity contribution in [2.24, 2.45) is 45.8 Å². The van der Waals surface area contributed by atoms with E-state index in [1.165, 1.54) is 82.6 Å². The average Bonchev–Trinajstić information content (AvgIpc) is 3.67. The molecule has 6 aliphatic rings. The first-order valence-electron chi connectivity index (χ1n) is 22.0. The van der Waals surface area contributed by atoms with Crippen LogP contribution in [0.1, 0.15) is 154 Å². The van der Waals surface area contributed by atoms with E-state index >= 15 is 0 Å². The fourth-order valence-corrected chi connectivity index (χ4v) is 14.7. The van der Waals surface area contributed by atoms with Gasteiger partial charge in [-0.3, -0.25) is 0 Å². The molecular formula is C51H80N2O4S. The molecule has 0 spiro atoms. The molecule has 5 saturated carbocycles. The average molecular weight is 817 g/mol. The van der Waals surface area contributed by atoms with Crippen LogP contribution in [0.4, 0.5) is 0 Å². The van der Waals surface area contributed by atoms with Gasteiger partial charge in [0, 0.05) is 31.7 Å². The molecule has 324 valence electrons. The van der Waals surface area contributed by atoms with Crippen LogP contribution >= 0.6 is 0 Å². The number of aromatic carboxylic acids is 1. The minimum absolute atomic E-state index is 0.186. The van der Waals surface area contributed by atoms with Crippen molar-refractivity contribution in [3.8, 4) is 51.4 Å². The van der Waals surface area contributed by atoms with Gasteiger partial charge in [0.1, 0.15) is 0 Å².